The topological polar surface area (TPSA) is 99.3 Å². The van der Waals surface area contributed by atoms with Crippen LogP contribution in [0.2, 0.25) is 0 Å². The van der Waals surface area contributed by atoms with Gasteiger partial charge < -0.3 is 10.1 Å². The van der Waals surface area contributed by atoms with Gasteiger partial charge in [-0.3, -0.25) is 14.9 Å². The second kappa shape index (κ2) is 9.21. The van der Waals surface area contributed by atoms with Gasteiger partial charge >= 0.3 is 0 Å². The van der Waals surface area contributed by atoms with Crippen LogP contribution in [0.3, 0.4) is 0 Å². The number of methoxy groups -OCH3 is 1. The summed E-state index contributed by atoms with van der Waals surface area (Å²) in [7, 11) is 1.60. The number of nitro groups is 1. The van der Waals surface area contributed by atoms with Crippen LogP contribution in [0.4, 0.5) is 5.69 Å². The van der Waals surface area contributed by atoms with Gasteiger partial charge in [0.05, 0.1) is 23.4 Å². The molecule has 0 saturated heterocycles. The van der Waals surface area contributed by atoms with Crippen molar-refractivity contribution in [1.82, 2.24) is 15.1 Å². The van der Waals surface area contributed by atoms with Crippen molar-refractivity contribution in [3.8, 4) is 22.7 Å². The highest BCUT2D eigenvalue weighted by Gasteiger charge is 2.18. The maximum Gasteiger partial charge on any atom is 0.270 e. The van der Waals surface area contributed by atoms with Crippen LogP contribution < -0.4 is 10.1 Å². The van der Waals surface area contributed by atoms with Crippen molar-refractivity contribution in [2.45, 2.75) is 20.3 Å². The van der Waals surface area contributed by atoms with E-state index >= 15 is 0 Å². The number of non-ortho nitro benzene ring substituents is 1. The summed E-state index contributed by atoms with van der Waals surface area (Å²) >= 11 is 0. The van der Waals surface area contributed by atoms with E-state index in [9.17, 15) is 14.9 Å². The Morgan fingerprint density at radius 3 is 2.40 bits per heavy atom. The Morgan fingerprint density at radius 1 is 1.17 bits per heavy atom. The summed E-state index contributed by atoms with van der Waals surface area (Å²) in [5.74, 6) is 0.946. The van der Waals surface area contributed by atoms with E-state index in [4.69, 9.17) is 4.74 Å². The lowest BCUT2D eigenvalue weighted by Gasteiger charge is -2.09. The van der Waals surface area contributed by atoms with Gasteiger partial charge in [-0.2, -0.15) is 5.10 Å². The predicted molar refractivity (Wildman–Crippen MR) is 114 cm³/mol. The summed E-state index contributed by atoms with van der Waals surface area (Å²) in [6.07, 6.45) is 0.864. The van der Waals surface area contributed by atoms with E-state index in [0.29, 0.717) is 29.5 Å². The Balaban J connectivity index is 1.98. The standard InChI is InChI=1S/C22H24N4O4/c1-15(2)12-13-23-22(27)21-14-20(16-4-10-19(30-3)11-5-16)24-25(21)17-6-8-18(9-7-17)26(28)29/h4-11,14-15H,12-13H2,1-3H3,(H,23,27). The first-order valence-electron chi connectivity index (χ1n) is 9.66. The number of benzene rings is 2. The summed E-state index contributed by atoms with van der Waals surface area (Å²) in [4.78, 5) is 23.3. The number of nitrogens with one attached hydrogen (secondary N) is 1. The zero-order valence-corrected chi connectivity index (χ0v) is 17.2. The van der Waals surface area contributed by atoms with Crippen LogP contribution in [-0.2, 0) is 0 Å². The number of nitrogens with zero attached hydrogens (tertiary/aromatic N) is 3. The summed E-state index contributed by atoms with van der Waals surface area (Å²) in [5.41, 5.74) is 2.34. The fourth-order valence-electron chi connectivity index (χ4n) is 2.92. The normalized spacial score (nSPS) is 10.8. The lowest BCUT2D eigenvalue weighted by atomic mass is 10.1. The van der Waals surface area contributed by atoms with Gasteiger partial charge in [-0.1, -0.05) is 13.8 Å². The van der Waals surface area contributed by atoms with Crippen LogP contribution in [0.1, 0.15) is 30.8 Å². The molecule has 8 heteroatoms. The summed E-state index contributed by atoms with van der Waals surface area (Å²) in [6, 6.07) is 15.0. The number of aromatic nitrogens is 2. The van der Waals surface area contributed by atoms with Crippen molar-refractivity contribution in [2.24, 2.45) is 5.92 Å². The second-order valence-corrected chi connectivity index (χ2v) is 7.27. The molecule has 8 nitrogen and oxygen atoms in total. The first-order valence-corrected chi connectivity index (χ1v) is 9.66. The molecule has 1 aromatic heterocycles. The molecule has 0 spiro atoms. The van der Waals surface area contributed by atoms with E-state index in [0.717, 1.165) is 17.7 Å². The lowest BCUT2D eigenvalue weighted by Crippen LogP contribution is -2.27. The molecule has 3 aromatic rings. The molecule has 3 rings (SSSR count). The number of carbonyl (C=O) groups excluding carboxylic acids is 1. The fourth-order valence-corrected chi connectivity index (χ4v) is 2.92. The highest BCUT2D eigenvalue weighted by molar-refractivity contribution is 5.94. The smallest absolute Gasteiger partial charge is 0.270 e. The predicted octanol–water partition coefficient (Wildman–Crippen LogP) is 4.23. The number of nitro benzene ring substituents is 1. The Kier molecular flexibility index (Phi) is 6.46. The highest BCUT2D eigenvalue weighted by Crippen LogP contribution is 2.25. The molecule has 0 saturated carbocycles. The zero-order chi connectivity index (χ0) is 21.7. The minimum absolute atomic E-state index is 0.0239. The Morgan fingerprint density at radius 2 is 1.83 bits per heavy atom. The molecule has 0 fully saturated rings. The Labute approximate surface area is 174 Å². The van der Waals surface area contributed by atoms with Gasteiger partial charge in [0.25, 0.3) is 11.6 Å². The molecule has 0 aliphatic heterocycles. The van der Waals surface area contributed by atoms with Crippen LogP contribution >= 0.6 is 0 Å². The summed E-state index contributed by atoms with van der Waals surface area (Å²) in [6.45, 7) is 4.74. The number of ether oxygens (including phenoxy) is 1. The fraction of sp³-hybridized carbons (Fsp3) is 0.273. The minimum Gasteiger partial charge on any atom is -0.497 e. The molecule has 0 atom stereocenters. The maximum absolute atomic E-state index is 12.8. The molecule has 0 radical (unpaired) electrons. The zero-order valence-electron chi connectivity index (χ0n) is 17.2. The van der Waals surface area contributed by atoms with Gasteiger partial charge in [-0.15, -0.1) is 0 Å². The number of carbonyl (C=O) groups is 1. The van der Waals surface area contributed by atoms with Gasteiger partial charge in [0.15, 0.2) is 0 Å². The van der Waals surface area contributed by atoms with Crippen LogP contribution in [0, 0.1) is 16.0 Å². The van der Waals surface area contributed by atoms with Gasteiger partial charge in [0, 0.05) is 24.2 Å². The van der Waals surface area contributed by atoms with Crippen LogP contribution in [0.25, 0.3) is 16.9 Å². The molecular formula is C22H24N4O4. The molecule has 2 aromatic carbocycles. The van der Waals surface area contributed by atoms with E-state index in [1.807, 2.05) is 24.3 Å². The third-order valence-corrected chi connectivity index (χ3v) is 4.64. The second-order valence-electron chi connectivity index (χ2n) is 7.27. The van der Waals surface area contributed by atoms with Crippen molar-refractivity contribution in [2.75, 3.05) is 13.7 Å². The van der Waals surface area contributed by atoms with Crippen molar-refractivity contribution in [3.63, 3.8) is 0 Å². The molecule has 1 amide bonds. The molecule has 1 N–H and O–H groups in total. The average molecular weight is 408 g/mol. The van der Waals surface area contributed by atoms with Crippen LogP contribution in [0.5, 0.6) is 5.75 Å². The Hall–Kier alpha value is -3.68. The van der Waals surface area contributed by atoms with Gasteiger partial charge in [-0.25, -0.2) is 4.68 Å². The summed E-state index contributed by atoms with van der Waals surface area (Å²) < 4.78 is 6.70. The van der Waals surface area contributed by atoms with Crippen molar-refractivity contribution in [3.05, 3.63) is 70.4 Å². The number of hydrogen-bond acceptors (Lipinski definition) is 5. The SMILES string of the molecule is COc1ccc(-c2cc(C(=O)NCCC(C)C)n(-c3ccc([N+](=O)[O-])cc3)n2)cc1. The van der Waals surface area contributed by atoms with E-state index in [1.54, 1.807) is 25.3 Å². The average Bonchev–Trinajstić information content (AvgIpc) is 3.19. The third kappa shape index (κ3) is 4.83. The van der Waals surface area contributed by atoms with Gasteiger partial charge in [0.2, 0.25) is 0 Å². The monoisotopic (exact) mass is 408 g/mol. The highest BCUT2D eigenvalue weighted by atomic mass is 16.6. The first kappa shape index (κ1) is 21.0. The number of rotatable bonds is 8. The molecule has 0 bridgehead atoms. The molecule has 30 heavy (non-hydrogen) atoms. The Bertz CT molecular complexity index is 1020. The molecule has 156 valence electrons. The van der Waals surface area contributed by atoms with Crippen molar-refractivity contribution < 1.29 is 14.5 Å². The molecule has 0 unspecified atom stereocenters. The third-order valence-electron chi connectivity index (χ3n) is 4.64. The molecule has 0 aliphatic rings. The maximum atomic E-state index is 12.8. The minimum atomic E-state index is -0.463. The first-order chi connectivity index (χ1) is 14.4. The van der Waals surface area contributed by atoms with Gasteiger partial charge in [0.1, 0.15) is 11.4 Å². The molecular weight excluding hydrogens is 384 g/mol. The molecule has 0 aliphatic carbocycles. The lowest BCUT2D eigenvalue weighted by molar-refractivity contribution is -0.384. The summed E-state index contributed by atoms with van der Waals surface area (Å²) in [5, 5.41) is 18.5. The quantitative estimate of drug-likeness (QED) is 0.444. The number of hydrogen-bond donors (Lipinski definition) is 1. The van der Waals surface area contributed by atoms with Gasteiger partial charge in [-0.05, 0) is 54.8 Å². The van der Waals surface area contributed by atoms with E-state index in [-0.39, 0.29) is 11.6 Å². The number of amides is 1. The van der Waals surface area contributed by atoms with Crippen molar-refractivity contribution >= 4 is 11.6 Å². The van der Waals surface area contributed by atoms with Crippen LogP contribution in [0.15, 0.2) is 54.6 Å². The van der Waals surface area contributed by atoms with Crippen molar-refractivity contribution in [1.29, 1.82) is 0 Å². The largest absolute Gasteiger partial charge is 0.497 e. The van der Waals surface area contributed by atoms with E-state index in [2.05, 4.69) is 24.3 Å². The van der Waals surface area contributed by atoms with Crippen LogP contribution in [-0.4, -0.2) is 34.3 Å². The van der Waals surface area contributed by atoms with E-state index < -0.39 is 4.92 Å². The van der Waals surface area contributed by atoms with E-state index in [1.165, 1.54) is 16.8 Å². The molecule has 1 heterocycles.